The van der Waals surface area contributed by atoms with E-state index in [9.17, 15) is 14.4 Å². The predicted molar refractivity (Wildman–Crippen MR) is 120 cm³/mol. The van der Waals surface area contributed by atoms with Crippen LogP contribution in [0.2, 0.25) is 0 Å². The molecule has 3 rings (SSSR count). The Morgan fingerprint density at radius 3 is 2.48 bits per heavy atom. The molecule has 1 aromatic heterocycles. The van der Waals surface area contributed by atoms with Crippen molar-refractivity contribution in [1.82, 2.24) is 5.32 Å². The van der Waals surface area contributed by atoms with E-state index in [2.05, 4.69) is 10.6 Å². The van der Waals surface area contributed by atoms with Gasteiger partial charge in [-0.05, 0) is 44.4 Å². The average Bonchev–Trinajstić information content (AvgIpc) is 3.10. The molecule has 1 aliphatic rings. The van der Waals surface area contributed by atoms with Crippen molar-refractivity contribution in [3.63, 3.8) is 0 Å². The van der Waals surface area contributed by atoms with Gasteiger partial charge in [-0.2, -0.15) is 0 Å². The maximum atomic E-state index is 13.0. The van der Waals surface area contributed by atoms with Crippen LogP contribution in [0.3, 0.4) is 0 Å². The lowest BCUT2D eigenvalue weighted by Crippen LogP contribution is -2.36. The molecule has 0 unspecified atom stereocenters. The van der Waals surface area contributed by atoms with Crippen molar-refractivity contribution in [1.29, 1.82) is 0 Å². The van der Waals surface area contributed by atoms with Gasteiger partial charge in [0, 0.05) is 6.04 Å². The number of benzene rings is 1. The molecule has 1 aromatic carbocycles. The van der Waals surface area contributed by atoms with Crippen molar-refractivity contribution in [3.8, 4) is 5.75 Å². The molecule has 0 saturated heterocycles. The average molecular weight is 445 g/mol. The fourth-order valence-electron chi connectivity index (χ4n) is 3.77. The number of hydrogen-bond acceptors (Lipinski definition) is 6. The summed E-state index contributed by atoms with van der Waals surface area (Å²) in [6, 6.07) is 6.95. The van der Waals surface area contributed by atoms with Gasteiger partial charge in [-0.15, -0.1) is 11.3 Å². The molecule has 2 amide bonds. The number of esters is 1. The van der Waals surface area contributed by atoms with E-state index in [0.717, 1.165) is 37.0 Å². The van der Waals surface area contributed by atoms with E-state index < -0.39 is 11.9 Å². The van der Waals surface area contributed by atoms with Gasteiger partial charge in [0.1, 0.15) is 10.8 Å². The zero-order chi connectivity index (χ0) is 22.4. The second kappa shape index (κ2) is 10.4. The van der Waals surface area contributed by atoms with Gasteiger partial charge in [-0.3, -0.25) is 9.59 Å². The van der Waals surface area contributed by atoms with Crippen LogP contribution in [-0.4, -0.2) is 37.5 Å². The number of methoxy groups -OCH3 is 1. The highest BCUT2D eigenvalue weighted by atomic mass is 32.1. The fraction of sp³-hybridized carbons (Fsp3) is 0.435. The number of amides is 2. The Kier molecular flexibility index (Phi) is 7.68. The van der Waals surface area contributed by atoms with Gasteiger partial charge in [0.05, 0.1) is 29.7 Å². The summed E-state index contributed by atoms with van der Waals surface area (Å²) in [5.74, 6) is -0.800. The van der Waals surface area contributed by atoms with Crippen LogP contribution in [0.15, 0.2) is 24.3 Å². The van der Waals surface area contributed by atoms with Gasteiger partial charge >= 0.3 is 5.97 Å². The number of anilines is 1. The molecular formula is C23H28N2O5S. The molecule has 7 nitrogen and oxygen atoms in total. The normalized spacial score (nSPS) is 14.0. The van der Waals surface area contributed by atoms with Gasteiger partial charge in [0.2, 0.25) is 0 Å². The fourth-order valence-corrected chi connectivity index (χ4v) is 4.86. The Morgan fingerprint density at radius 1 is 1.10 bits per heavy atom. The number of carbonyl (C=O) groups excluding carboxylic acids is 3. The first-order valence-corrected chi connectivity index (χ1v) is 11.3. The van der Waals surface area contributed by atoms with E-state index in [0.29, 0.717) is 26.8 Å². The van der Waals surface area contributed by atoms with Crippen LogP contribution in [0.25, 0.3) is 0 Å². The predicted octanol–water partition coefficient (Wildman–Crippen LogP) is 4.56. The molecule has 0 bridgehead atoms. The minimum Gasteiger partial charge on any atom is -0.496 e. The smallest absolute Gasteiger partial charge is 0.341 e. The molecule has 1 fully saturated rings. The maximum absolute atomic E-state index is 13.0. The molecule has 1 aliphatic carbocycles. The topological polar surface area (TPSA) is 93.7 Å². The van der Waals surface area contributed by atoms with E-state index >= 15 is 0 Å². The largest absolute Gasteiger partial charge is 0.496 e. The summed E-state index contributed by atoms with van der Waals surface area (Å²) in [5, 5.41) is 6.15. The third-order valence-electron chi connectivity index (χ3n) is 5.35. The molecule has 0 spiro atoms. The molecule has 2 N–H and O–H groups in total. The molecule has 0 atom stereocenters. The molecule has 0 aliphatic heterocycles. The van der Waals surface area contributed by atoms with Crippen LogP contribution in [-0.2, 0) is 4.74 Å². The van der Waals surface area contributed by atoms with Crippen molar-refractivity contribution in [2.24, 2.45) is 0 Å². The number of para-hydroxylation sites is 1. The molecule has 0 radical (unpaired) electrons. The molecule has 8 heteroatoms. The highest BCUT2D eigenvalue weighted by Gasteiger charge is 2.28. The SMILES string of the molecule is CCOC(=O)c1c(NC(=O)c2ccccc2OC)sc(C(=O)NC2CCCCC2)c1C. The van der Waals surface area contributed by atoms with Gasteiger partial charge in [-0.25, -0.2) is 4.79 Å². The van der Waals surface area contributed by atoms with Gasteiger partial charge in [0.15, 0.2) is 0 Å². The Labute approximate surface area is 186 Å². The van der Waals surface area contributed by atoms with Crippen LogP contribution in [0, 0.1) is 6.92 Å². The number of ether oxygens (including phenoxy) is 2. The van der Waals surface area contributed by atoms with Crippen LogP contribution in [0.4, 0.5) is 5.00 Å². The van der Waals surface area contributed by atoms with Crippen molar-refractivity contribution < 1.29 is 23.9 Å². The van der Waals surface area contributed by atoms with Gasteiger partial charge < -0.3 is 20.1 Å². The zero-order valence-corrected chi connectivity index (χ0v) is 18.9. The second-order valence-electron chi connectivity index (χ2n) is 7.44. The minimum absolute atomic E-state index is 0.139. The standard InChI is InChI=1S/C23H28N2O5S/c1-4-30-23(28)18-14(2)19(21(27)24-15-10-6-5-7-11-15)31-22(18)25-20(26)16-12-8-9-13-17(16)29-3/h8-9,12-13,15H,4-7,10-11H2,1-3H3,(H,24,27)(H,25,26). The molecule has 1 heterocycles. The van der Waals surface area contributed by atoms with Crippen LogP contribution in [0.1, 0.15) is 75.0 Å². The zero-order valence-electron chi connectivity index (χ0n) is 18.1. The Morgan fingerprint density at radius 2 is 1.81 bits per heavy atom. The Balaban J connectivity index is 1.90. The molecule has 31 heavy (non-hydrogen) atoms. The van der Waals surface area contributed by atoms with Gasteiger partial charge in [0.25, 0.3) is 11.8 Å². The quantitative estimate of drug-likeness (QED) is 0.611. The van der Waals surface area contributed by atoms with Gasteiger partial charge in [-0.1, -0.05) is 31.4 Å². The summed E-state index contributed by atoms with van der Waals surface area (Å²) < 4.78 is 10.4. The van der Waals surface area contributed by atoms with Crippen LogP contribution < -0.4 is 15.4 Å². The number of rotatable bonds is 7. The first-order valence-electron chi connectivity index (χ1n) is 10.5. The minimum atomic E-state index is -0.566. The highest BCUT2D eigenvalue weighted by molar-refractivity contribution is 7.18. The van der Waals surface area contributed by atoms with Crippen molar-refractivity contribution in [2.45, 2.75) is 52.0 Å². The summed E-state index contributed by atoms with van der Waals surface area (Å²) >= 11 is 1.09. The number of hydrogen-bond donors (Lipinski definition) is 2. The van der Waals surface area contributed by atoms with E-state index in [-0.39, 0.29) is 24.1 Å². The summed E-state index contributed by atoms with van der Waals surface area (Å²) in [6.07, 6.45) is 5.30. The first kappa shape index (κ1) is 22.8. The van der Waals surface area contributed by atoms with E-state index in [1.54, 1.807) is 38.1 Å². The monoisotopic (exact) mass is 444 g/mol. The number of carbonyl (C=O) groups is 3. The Bertz CT molecular complexity index is 963. The Hall–Kier alpha value is -2.87. The van der Waals surface area contributed by atoms with Crippen molar-refractivity contribution in [2.75, 3.05) is 19.0 Å². The lowest BCUT2D eigenvalue weighted by molar-refractivity contribution is 0.0527. The third kappa shape index (κ3) is 5.25. The summed E-state index contributed by atoms with van der Waals surface area (Å²) in [4.78, 5) is 38.9. The van der Waals surface area contributed by atoms with E-state index in [4.69, 9.17) is 9.47 Å². The molecular weight excluding hydrogens is 416 g/mol. The third-order valence-corrected chi connectivity index (χ3v) is 6.56. The second-order valence-corrected chi connectivity index (χ2v) is 8.46. The molecule has 166 valence electrons. The van der Waals surface area contributed by atoms with Crippen LogP contribution in [0.5, 0.6) is 5.75 Å². The summed E-state index contributed by atoms with van der Waals surface area (Å²) in [5.41, 5.74) is 1.05. The highest BCUT2D eigenvalue weighted by Crippen LogP contribution is 2.35. The van der Waals surface area contributed by atoms with Crippen LogP contribution >= 0.6 is 11.3 Å². The summed E-state index contributed by atoms with van der Waals surface area (Å²) in [7, 11) is 1.49. The summed E-state index contributed by atoms with van der Waals surface area (Å²) in [6.45, 7) is 3.61. The maximum Gasteiger partial charge on any atom is 0.341 e. The lowest BCUT2D eigenvalue weighted by atomic mass is 9.95. The van der Waals surface area contributed by atoms with Crippen molar-refractivity contribution >= 4 is 34.1 Å². The van der Waals surface area contributed by atoms with E-state index in [1.807, 2.05) is 0 Å². The number of nitrogens with one attached hydrogen (secondary N) is 2. The van der Waals surface area contributed by atoms with E-state index in [1.165, 1.54) is 13.5 Å². The number of thiophene rings is 1. The van der Waals surface area contributed by atoms with Crippen molar-refractivity contribution in [3.05, 3.63) is 45.8 Å². The molecule has 1 saturated carbocycles. The lowest BCUT2D eigenvalue weighted by Gasteiger charge is -2.22. The molecule has 2 aromatic rings. The first-order chi connectivity index (χ1) is 15.0.